The number of nitrogens with one attached hydrogen (secondary N) is 1. The Bertz CT molecular complexity index is 747. The number of aromatic nitrogens is 2. The van der Waals surface area contributed by atoms with Crippen molar-refractivity contribution in [2.45, 2.75) is 6.92 Å². The number of benzene rings is 1. The van der Waals surface area contributed by atoms with E-state index in [9.17, 15) is 4.79 Å². The number of pyridine rings is 1. The lowest BCUT2D eigenvalue weighted by Gasteiger charge is -2.01. The van der Waals surface area contributed by atoms with E-state index in [2.05, 4.69) is 10.3 Å². The van der Waals surface area contributed by atoms with Crippen LogP contribution in [0.4, 0.5) is 0 Å². The molecule has 4 nitrogen and oxygen atoms in total. The van der Waals surface area contributed by atoms with Crippen molar-refractivity contribution in [1.82, 2.24) is 14.7 Å². The van der Waals surface area contributed by atoms with E-state index in [1.165, 1.54) is 0 Å². The first-order valence-electron chi connectivity index (χ1n) is 6.60. The number of amides is 1. The highest BCUT2D eigenvalue weighted by atomic mass is 16.1. The molecule has 20 heavy (non-hydrogen) atoms. The molecule has 0 unspecified atom stereocenters. The monoisotopic (exact) mass is 265 g/mol. The fourth-order valence-electron chi connectivity index (χ4n) is 2.13. The third-order valence-corrected chi connectivity index (χ3v) is 3.13. The normalized spacial score (nSPS) is 10.7. The Morgan fingerprint density at radius 2 is 2.05 bits per heavy atom. The van der Waals surface area contributed by atoms with Crippen LogP contribution in [0.25, 0.3) is 16.9 Å². The van der Waals surface area contributed by atoms with Gasteiger partial charge in [0.25, 0.3) is 5.91 Å². The molecule has 1 aromatic carbocycles. The maximum Gasteiger partial charge on any atom is 0.251 e. The highest BCUT2D eigenvalue weighted by Crippen LogP contribution is 2.19. The van der Waals surface area contributed by atoms with Gasteiger partial charge in [-0.25, -0.2) is 4.98 Å². The van der Waals surface area contributed by atoms with Gasteiger partial charge in [0.15, 0.2) is 0 Å². The number of nitrogens with zero attached hydrogens (tertiary/aromatic N) is 2. The van der Waals surface area contributed by atoms with Crippen molar-refractivity contribution in [2.24, 2.45) is 0 Å². The molecule has 0 aliphatic heterocycles. The molecular formula is C16H15N3O. The van der Waals surface area contributed by atoms with Gasteiger partial charge in [0.1, 0.15) is 5.65 Å². The van der Waals surface area contributed by atoms with Crippen molar-refractivity contribution >= 4 is 11.6 Å². The summed E-state index contributed by atoms with van der Waals surface area (Å²) in [5, 5.41) is 2.79. The minimum absolute atomic E-state index is 0.0701. The van der Waals surface area contributed by atoms with Crippen molar-refractivity contribution in [2.75, 3.05) is 6.54 Å². The second-order valence-electron chi connectivity index (χ2n) is 4.53. The van der Waals surface area contributed by atoms with E-state index in [0.29, 0.717) is 12.1 Å². The van der Waals surface area contributed by atoms with E-state index in [0.717, 1.165) is 16.9 Å². The number of carbonyl (C=O) groups is 1. The third kappa shape index (κ3) is 2.28. The predicted molar refractivity (Wildman–Crippen MR) is 78.6 cm³/mol. The van der Waals surface area contributed by atoms with Crippen LogP contribution in [0.3, 0.4) is 0 Å². The molecule has 0 saturated carbocycles. The molecule has 0 spiro atoms. The first-order valence-corrected chi connectivity index (χ1v) is 6.60. The molecule has 3 aromatic rings. The third-order valence-electron chi connectivity index (χ3n) is 3.13. The van der Waals surface area contributed by atoms with Gasteiger partial charge in [-0.3, -0.25) is 4.79 Å². The van der Waals surface area contributed by atoms with E-state index in [1.807, 2.05) is 54.0 Å². The van der Waals surface area contributed by atoms with Crippen LogP contribution in [0.2, 0.25) is 0 Å². The molecule has 0 aliphatic carbocycles. The first kappa shape index (κ1) is 12.4. The number of fused-ring (bicyclic) bond motifs is 1. The summed E-state index contributed by atoms with van der Waals surface area (Å²) >= 11 is 0. The molecule has 1 N–H and O–H groups in total. The fourth-order valence-corrected chi connectivity index (χ4v) is 2.13. The highest BCUT2D eigenvalue weighted by molar-refractivity contribution is 5.95. The standard InChI is InChI=1S/C16H15N3O/c1-2-17-16(20)13-8-9-19-11-14(18-15(19)10-13)12-6-4-3-5-7-12/h3-11H,2H2,1H3,(H,17,20). The average molecular weight is 265 g/mol. The number of imidazole rings is 1. The van der Waals surface area contributed by atoms with Crippen LogP contribution < -0.4 is 5.32 Å². The summed E-state index contributed by atoms with van der Waals surface area (Å²) in [6.07, 6.45) is 3.82. The molecule has 2 aromatic heterocycles. The minimum Gasteiger partial charge on any atom is -0.352 e. The topological polar surface area (TPSA) is 46.4 Å². The first-order chi connectivity index (χ1) is 9.78. The quantitative estimate of drug-likeness (QED) is 0.791. The Kier molecular flexibility index (Phi) is 3.21. The Hall–Kier alpha value is -2.62. The second kappa shape index (κ2) is 5.17. The van der Waals surface area contributed by atoms with Gasteiger partial charge in [-0.05, 0) is 19.1 Å². The van der Waals surface area contributed by atoms with Crippen LogP contribution in [-0.4, -0.2) is 21.8 Å². The second-order valence-corrected chi connectivity index (χ2v) is 4.53. The van der Waals surface area contributed by atoms with Crippen molar-refractivity contribution in [3.63, 3.8) is 0 Å². The maximum absolute atomic E-state index is 11.8. The summed E-state index contributed by atoms with van der Waals surface area (Å²) in [7, 11) is 0. The lowest BCUT2D eigenvalue weighted by molar-refractivity contribution is 0.0956. The van der Waals surface area contributed by atoms with Crippen molar-refractivity contribution < 1.29 is 4.79 Å². The zero-order valence-electron chi connectivity index (χ0n) is 11.2. The molecule has 2 heterocycles. The minimum atomic E-state index is -0.0701. The van der Waals surface area contributed by atoms with Crippen LogP contribution in [0, 0.1) is 0 Å². The lowest BCUT2D eigenvalue weighted by Crippen LogP contribution is -2.22. The molecule has 3 rings (SSSR count). The van der Waals surface area contributed by atoms with Crippen molar-refractivity contribution in [3.05, 3.63) is 60.4 Å². The number of rotatable bonds is 3. The van der Waals surface area contributed by atoms with Crippen molar-refractivity contribution in [3.8, 4) is 11.3 Å². The van der Waals surface area contributed by atoms with E-state index < -0.39 is 0 Å². The summed E-state index contributed by atoms with van der Waals surface area (Å²) in [4.78, 5) is 16.4. The highest BCUT2D eigenvalue weighted by Gasteiger charge is 2.08. The molecule has 4 heteroatoms. The van der Waals surface area contributed by atoms with Crippen LogP contribution in [-0.2, 0) is 0 Å². The van der Waals surface area contributed by atoms with Gasteiger partial charge in [-0.15, -0.1) is 0 Å². The number of carbonyl (C=O) groups excluding carboxylic acids is 1. The Morgan fingerprint density at radius 3 is 2.80 bits per heavy atom. The summed E-state index contributed by atoms with van der Waals surface area (Å²) < 4.78 is 1.92. The average Bonchev–Trinajstić information content (AvgIpc) is 2.91. The van der Waals surface area contributed by atoms with E-state index in [-0.39, 0.29) is 5.91 Å². The fraction of sp³-hybridized carbons (Fsp3) is 0.125. The van der Waals surface area contributed by atoms with Crippen LogP contribution in [0.5, 0.6) is 0 Å². The summed E-state index contributed by atoms with van der Waals surface area (Å²) in [5.74, 6) is -0.0701. The SMILES string of the molecule is CCNC(=O)c1ccn2cc(-c3ccccc3)nc2c1. The number of hydrogen-bond acceptors (Lipinski definition) is 2. The van der Waals surface area contributed by atoms with Crippen molar-refractivity contribution in [1.29, 1.82) is 0 Å². The van der Waals surface area contributed by atoms with Gasteiger partial charge in [0.2, 0.25) is 0 Å². The zero-order valence-corrected chi connectivity index (χ0v) is 11.2. The molecule has 0 atom stereocenters. The van der Waals surface area contributed by atoms with Gasteiger partial charge >= 0.3 is 0 Å². The Balaban J connectivity index is 2.02. The van der Waals surface area contributed by atoms with E-state index in [1.54, 1.807) is 12.1 Å². The molecule has 0 fully saturated rings. The lowest BCUT2D eigenvalue weighted by atomic mass is 10.2. The molecule has 1 amide bonds. The molecule has 100 valence electrons. The molecule has 0 radical (unpaired) electrons. The molecular weight excluding hydrogens is 250 g/mol. The smallest absolute Gasteiger partial charge is 0.251 e. The molecule has 0 aliphatic rings. The molecule has 0 bridgehead atoms. The largest absolute Gasteiger partial charge is 0.352 e. The van der Waals surface area contributed by atoms with Crippen LogP contribution in [0.15, 0.2) is 54.9 Å². The predicted octanol–water partition coefficient (Wildman–Crippen LogP) is 2.75. The van der Waals surface area contributed by atoms with E-state index >= 15 is 0 Å². The Morgan fingerprint density at radius 1 is 1.25 bits per heavy atom. The van der Waals surface area contributed by atoms with Gasteiger partial charge in [0, 0.05) is 30.1 Å². The maximum atomic E-state index is 11.8. The van der Waals surface area contributed by atoms with Gasteiger partial charge in [0.05, 0.1) is 5.69 Å². The summed E-state index contributed by atoms with van der Waals surface area (Å²) in [6.45, 7) is 2.52. The van der Waals surface area contributed by atoms with Crippen LogP contribution in [0.1, 0.15) is 17.3 Å². The zero-order chi connectivity index (χ0) is 13.9. The van der Waals surface area contributed by atoms with Gasteiger partial charge in [-0.2, -0.15) is 0 Å². The number of hydrogen-bond donors (Lipinski definition) is 1. The van der Waals surface area contributed by atoms with Crippen LogP contribution >= 0.6 is 0 Å². The van der Waals surface area contributed by atoms with Gasteiger partial charge < -0.3 is 9.72 Å². The summed E-state index contributed by atoms with van der Waals surface area (Å²) in [5.41, 5.74) is 3.37. The molecule has 0 saturated heterocycles. The summed E-state index contributed by atoms with van der Waals surface area (Å²) in [6, 6.07) is 13.6. The van der Waals surface area contributed by atoms with E-state index in [4.69, 9.17) is 0 Å². The Labute approximate surface area is 117 Å². The van der Waals surface area contributed by atoms with Gasteiger partial charge in [-0.1, -0.05) is 30.3 Å².